The van der Waals surface area contributed by atoms with Gasteiger partial charge in [0, 0.05) is 18.5 Å². The number of rotatable bonds is 6. The Morgan fingerprint density at radius 1 is 1.17 bits per heavy atom. The van der Waals surface area contributed by atoms with Gasteiger partial charge in [0.1, 0.15) is 12.1 Å². The van der Waals surface area contributed by atoms with Crippen molar-refractivity contribution in [3.05, 3.63) is 52.8 Å². The third-order valence-corrected chi connectivity index (χ3v) is 4.14. The average molecular weight is 444 g/mol. The molecule has 2 N–H and O–H groups in total. The summed E-state index contributed by atoms with van der Waals surface area (Å²) >= 11 is 11.9. The van der Waals surface area contributed by atoms with Crippen LogP contribution in [-0.2, 0) is 0 Å². The van der Waals surface area contributed by atoms with E-state index in [0.29, 0.717) is 11.8 Å². The van der Waals surface area contributed by atoms with Crippen molar-refractivity contribution in [2.45, 2.75) is 19.6 Å². The van der Waals surface area contributed by atoms with Crippen LogP contribution >= 0.6 is 23.2 Å². The van der Waals surface area contributed by atoms with Crippen LogP contribution < -0.4 is 15.4 Å². The van der Waals surface area contributed by atoms with E-state index >= 15 is 0 Å². The number of aromatic nitrogens is 5. The van der Waals surface area contributed by atoms with E-state index in [-0.39, 0.29) is 21.5 Å². The zero-order valence-corrected chi connectivity index (χ0v) is 16.2. The molecule has 2 heterocycles. The van der Waals surface area contributed by atoms with Crippen molar-refractivity contribution in [1.82, 2.24) is 30.0 Å². The topological polar surface area (TPSA) is 107 Å². The van der Waals surface area contributed by atoms with Crippen molar-refractivity contribution in [3.8, 4) is 11.7 Å². The van der Waals surface area contributed by atoms with Gasteiger partial charge in [-0.2, -0.15) is 18.6 Å². The van der Waals surface area contributed by atoms with Crippen molar-refractivity contribution >= 4 is 34.9 Å². The monoisotopic (exact) mass is 443 g/mol. The number of hydrogen-bond donors (Lipinski definition) is 2. The summed E-state index contributed by atoms with van der Waals surface area (Å²) in [6.45, 7) is -1.38. The first-order valence-electron chi connectivity index (χ1n) is 8.04. The fourth-order valence-electron chi connectivity index (χ4n) is 2.33. The molecular weight excluding hydrogens is 431 g/mol. The van der Waals surface area contributed by atoms with Crippen molar-refractivity contribution in [2.24, 2.45) is 0 Å². The number of hydrogen-bond acceptors (Lipinski definition) is 6. The predicted octanol–water partition coefficient (Wildman–Crippen LogP) is 3.85. The Kier molecular flexibility index (Phi) is 6.39. The molecule has 9 nitrogen and oxygen atoms in total. The number of nitrogens with zero attached hydrogens (tertiary/aromatic N) is 5. The molecule has 2 aromatic heterocycles. The highest BCUT2D eigenvalue weighted by Gasteiger charge is 2.19. The molecule has 13 heteroatoms. The summed E-state index contributed by atoms with van der Waals surface area (Å²) in [6.07, 6.45) is 4.40. The summed E-state index contributed by atoms with van der Waals surface area (Å²) in [5.74, 6) is 0.372. The van der Waals surface area contributed by atoms with Crippen LogP contribution in [0.25, 0.3) is 5.95 Å². The minimum atomic E-state index is -3.06. The molecule has 3 rings (SSSR count). The Hall–Kier alpha value is -3.05. The van der Waals surface area contributed by atoms with Gasteiger partial charge in [0.25, 0.3) is 5.95 Å². The van der Waals surface area contributed by atoms with E-state index in [1.165, 1.54) is 17.1 Å². The van der Waals surface area contributed by atoms with Gasteiger partial charge in [0.2, 0.25) is 0 Å². The number of carbonyl (C=O) groups is 1. The molecule has 2 amide bonds. The van der Waals surface area contributed by atoms with Crippen LogP contribution in [0.15, 0.2) is 36.9 Å². The van der Waals surface area contributed by atoms with Crippen LogP contribution in [0.1, 0.15) is 18.8 Å². The molecule has 0 saturated carbocycles. The van der Waals surface area contributed by atoms with Gasteiger partial charge in [0.05, 0.1) is 21.8 Å². The molecule has 0 saturated heterocycles. The van der Waals surface area contributed by atoms with Gasteiger partial charge in [-0.25, -0.2) is 19.7 Å². The van der Waals surface area contributed by atoms with Gasteiger partial charge in [-0.1, -0.05) is 23.2 Å². The highest BCUT2D eigenvalue weighted by Crippen LogP contribution is 2.35. The fourth-order valence-corrected chi connectivity index (χ4v) is 2.74. The quantitative estimate of drug-likeness (QED) is 0.598. The zero-order chi connectivity index (χ0) is 21.0. The number of halogens is 4. The lowest BCUT2D eigenvalue weighted by Gasteiger charge is -2.16. The Morgan fingerprint density at radius 3 is 2.59 bits per heavy atom. The van der Waals surface area contributed by atoms with Crippen molar-refractivity contribution in [1.29, 1.82) is 0 Å². The molecule has 152 valence electrons. The van der Waals surface area contributed by atoms with Crippen LogP contribution in [0.5, 0.6) is 5.75 Å². The Balaban J connectivity index is 1.71. The number of urea groups is 1. The maximum Gasteiger partial charge on any atom is 0.387 e. The molecule has 0 spiro atoms. The molecule has 0 bridgehead atoms. The smallest absolute Gasteiger partial charge is 0.387 e. The van der Waals surface area contributed by atoms with Crippen molar-refractivity contribution < 1.29 is 18.3 Å². The van der Waals surface area contributed by atoms with Crippen LogP contribution in [0, 0.1) is 0 Å². The van der Waals surface area contributed by atoms with Gasteiger partial charge >= 0.3 is 12.6 Å². The first-order valence-corrected chi connectivity index (χ1v) is 8.79. The lowest BCUT2D eigenvalue weighted by molar-refractivity contribution is -0.0497. The molecule has 1 atom stereocenters. The molecule has 1 aromatic carbocycles. The summed E-state index contributed by atoms with van der Waals surface area (Å²) < 4.78 is 30.3. The van der Waals surface area contributed by atoms with Crippen molar-refractivity contribution in [3.63, 3.8) is 0 Å². The number of ether oxygens (including phenoxy) is 1. The van der Waals surface area contributed by atoms with E-state index in [1.807, 2.05) is 0 Å². The maximum atomic E-state index is 12.4. The summed E-state index contributed by atoms with van der Waals surface area (Å²) in [5, 5.41) is 9.02. The highest BCUT2D eigenvalue weighted by atomic mass is 35.5. The summed E-state index contributed by atoms with van der Waals surface area (Å²) in [5.41, 5.74) is 0.107. The van der Waals surface area contributed by atoms with Crippen LogP contribution in [0.2, 0.25) is 10.0 Å². The number of anilines is 1. The van der Waals surface area contributed by atoms with E-state index < -0.39 is 18.7 Å². The first-order chi connectivity index (χ1) is 13.8. The van der Waals surface area contributed by atoms with Crippen molar-refractivity contribution in [2.75, 3.05) is 5.32 Å². The molecular formula is C16H13Cl2F2N7O2. The SMILES string of the molecule is C[C@H](NC(=O)Nc1cc(Cl)c(OC(F)F)cc1Cl)c1ncnn1-c1ncccn1. The standard InChI is InChI=1S/C16H13Cl2F2N7O2/c1-8(13-23-7-24-27(13)15-21-3-2-4-22-15)25-16(28)26-11-5-10(18)12(6-9(11)17)29-14(19)20/h2-8,14H,1H3,(H2,25,26,28)/t8-/m0/s1. The minimum absolute atomic E-state index is 0.0336. The second-order valence-electron chi connectivity index (χ2n) is 5.54. The Morgan fingerprint density at radius 2 is 1.90 bits per heavy atom. The van der Waals surface area contributed by atoms with Crippen LogP contribution in [0.4, 0.5) is 19.3 Å². The second-order valence-corrected chi connectivity index (χ2v) is 6.35. The molecule has 0 aliphatic heterocycles. The number of benzene rings is 1. The average Bonchev–Trinajstić information content (AvgIpc) is 3.16. The molecule has 0 fully saturated rings. The largest absolute Gasteiger partial charge is 0.433 e. The van der Waals surface area contributed by atoms with E-state index in [0.717, 1.165) is 6.07 Å². The third kappa shape index (κ3) is 5.06. The van der Waals surface area contributed by atoms with Crippen LogP contribution in [-0.4, -0.2) is 37.4 Å². The van der Waals surface area contributed by atoms with Gasteiger partial charge in [-0.3, -0.25) is 0 Å². The van der Waals surface area contributed by atoms with Crippen LogP contribution in [0.3, 0.4) is 0 Å². The van der Waals surface area contributed by atoms with Gasteiger partial charge in [-0.15, -0.1) is 0 Å². The van der Waals surface area contributed by atoms with E-state index in [9.17, 15) is 13.6 Å². The number of carbonyl (C=O) groups excluding carboxylic acids is 1. The predicted molar refractivity (Wildman–Crippen MR) is 101 cm³/mol. The molecule has 0 unspecified atom stereocenters. The number of amides is 2. The Labute approximate surface area is 173 Å². The summed E-state index contributed by atoms with van der Waals surface area (Å²) in [7, 11) is 0. The van der Waals surface area contributed by atoms with E-state index in [2.05, 4.69) is 35.4 Å². The number of nitrogens with one attached hydrogen (secondary N) is 2. The molecule has 29 heavy (non-hydrogen) atoms. The lowest BCUT2D eigenvalue weighted by atomic mass is 10.3. The van der Waals surface area contributed by atoms with E-state index in [1.54, 1.807) is 25.4 Å². The zero-order valence-electron chi connectivity index (χ0n) is 14.7. The lowest BCUT2D eigenvalue weighted by Crippen LogP contribution is -2.32. The summed E-state index contributed by atoms with van der Waals surface area (Å²) in [6, 6.07) is 2.71. The fraction of sp³-hybridized carbons (Fsp3) is 0.188. The normalized spacial score (nSPS) is 11.9. The van der Waals surface area contributed by atoms with Gasteiger partial charge < -0.3 is 15.4 Å². The van der Waals surface area contributed by atoms with E-state index in [4.69, 9.17) is 23.2 Å². The minimum Gasteiger partial charge on any atom is -0.433 e. The second kappa shape index (κ2) is 8.97. The molecule has 0 radical (unpaired) electrons. The maximum absolute atomic E-state index is 12.4. The molecule has 0 aliphatic rings. The summed E-state index contributed by atoms with van der Waals surface area (Å²) in [4.78, 5) is 24.6. The first kappa shape index (κ1) is 20.7. The Bertz CT molecular complexity index is 1000. The third-order valence-electron chi connectivity index (χ3n) is 3.54. The highest BCUT2D eigenvalue weighted by molar-refractivity contribution is 6.36. The molecule has 0 aliphatic carbocycles. The van der Waals surface area contributed by atoms with Gasteiger partial charge in [-0.05, 0) is 19.1 Å². The van der Waals surface area contributed by atoms with Gasteiger partial charge in [0.15, 0.2) is 5.82 Å². The number of alkyl halides is 2. The molecule has 3 aromatic rings.